The van der Waals surface area contributed by atoms with Crippen LogP contribution in [0.5, 0.6) is 0 Å². The number of para-hydroxylation sites is 1. The number of nitrogens with zero attached hydrogens (tertiary/aromatic N) is 1. The lowest BCUT2D eigenvalue weighted by atomic mass is 9.87. The van der Waals surface area contributed by atoms with Gasteiger partial charge in [0.25, 0.3) is 0 Å². The fraction of sp³-hybridized carbons (Fsp3) is 0.619. The van der Waals surface area contributed by atoms with Crippen molar-refractivity contribution in [3.8, 4) is 0 Å². The normalized spacial score (nSPS) is 19.3. The van der Waals surface area contributed by atoms with Gasteiger partial charge in [0.1, 0.15) is 0 Å². The van der Waals surface area contributed by atoms with Crippen molar-refractivity contribution in [2.45, 2.75) is 44.6 Å². The van der Waals surface area contributed by atoms with Gasteiger partial charge < -0.3 is 15.4 Å². The SMILES string of the molecule is CNCCC(C)CC(CO)N1CCC(c2c[nH]c3ccccc23)CC1. The fourth-order valence-electron chi connectivity index (χ4n) is 4.32. The summed E-state index contributed by atoms with van der Waals surface area (Å²) in [7, 11) is 2.01. The summed E-state index contributed by atoms with van der Waals surface area (Å²) < 4.78 is 0. The summed E-state index contributed by atoms with van der Waals surface area (Å²) in [5.41, 5.74) is 2.71. The third-order valence-electron chi connectivity index (χ3n) is 5.88. The molecule has 25 heavy (non-hydrogen) atoms. The Kier molecular flexibility index (Phi) is 6.51. The molecule has 3 rings (SSSR count). The Morgan fingerprint density at radius 2 is 2.04 bits per heavy atom. The van der Waals surface area contributed by atoms with Gasteiger partial charge in [-0.1, -0.05) is 25.1 Å². The summed E-state index contributed by atoms with van der Waals surface area (Å²) in [6.07, 6.45) is 6.84. The number of piperidine rings is 1. The van der Waals surface area contributed by atoms with Gasteiger partial charge >= 0.3 is 0 Å². The highest BCUT2D eigenvalue weighted by Crippen LogP contribution is 2.34. The van der Waals surface area contributed by atoms with Gasteiger partial charge in [-0.15, -0.1) is 0 Å². The zero-order valence-electron chi connectivity index (χ0n) is 15.7. The highest BCUT2D eigenvalue weighted by molar-refractivity contribution is 5.83. The number of aromatic nitrogens is 1. The minimum Gasteiger partial charge on any atom is -0.395 e. The lowest BCUT2D eigenvalue weighted by Crippen LogP contribution is -2.43. The zero-order chi connectivity index (χ0) is 17.6. The van der Waals surface area contributed by atoms with Crippen LogP contribution in [-0.4, -0.2) is 54.3 Å². The summed E-state index contributed by atoms with van der Waals surface area (Å²) in [5, 5.41) is 14.5. The first-order chi connectivity index (χ1) is 12.2. The molecule has 0 saturated carbocycles. The number of likely N-dealkylation sites (tertiary alicyclic amines) is 1. The molecule has 0 aliphatic carbocycles. The Morgan fingerprint density at radius 1 is 1.28 bits per heavy atom. The highest BCUT2D eigenvalue weighted by atomic mass is 16.3. The Morgan fingerprint density at radius 3 is 2.76 bits per heavy atom. The molecule has 0 spiro atoms. The first kappa shape index (κ1) is 18.4. The molecule has 0 radical (unpaired) electrons. The number of hydrogen-bond donors (Lipinski definition) is 3. The zero-order valence-corrected chi connectivity index (χ0v) is 15.7. The van der Waals surface area contributed by atoms with Crippen molar-refractivity contribution in [2.75, 3.05) is 33.3 Å². The Labute approximate surface area is 151 Å². The first-order valence-electron chi connectivity index (χ1n) is 9.78. The van der Waals surface area contributed by atoms with E-state index >= 15 is 0 Å². The van der Waals surface area contributed by atoms with Gasteiger partial charge in [0.05, 0.1) is 6.61 Å². The predicted octanol–water partition coefficient (Wildman–Crippen LogP) is 3.34. The molecular formula is C21H33N3O. The maximum Gasteiger partial charge on any atom is 0.0586 e. The van der Waals surface area contributed by atoms with E-state index in [2.05, 4.69) is 52.6 Å². The van der Waals surface area contributed by atoms with Crippen LogP contribution in [0.1, 0.15) is 44.1 Å². The van der Waals surface area contributed by atoms with E-state index in [0.717, 1.165) is 26.1 Å². The topological polar surface area (TPSA) is 51.3 Å². The van der Waals surface area contributed by atoms with E-state index in [4.69, 9.17) is 0 Å². The second-order valence-corrected chi connectivity index (χ2v) is 7.67. The van der Waals surface area contributed by atoms with Crippen LogP contribution >= 0.6 is 0 Å². The molecule has 1 saturated heterocycles. The van der Waals surface area contributed by atoms with Crippen LogP contribution in [0.15, 0.2) is 30.5 Å². The number of aliphatic hydroxyl groups is 1. The predicted molar refractivity (Wildman–Crippen MR) is 105 cm³/mol. The summed E-state index contributed by atoms with van der Waals surface area (Å²) in [5.74, 6) is 1.28. The van der Waals surface area contributed by atoms with Crippen molar-refractivity contribution in [3.05, 3.63) is 36.0 Å². The summed E-state index contributed by atoms with van der Waals surface area (Å²) in [4.78, 5) is 5.93. The molecule has 0 bridgehead atoms. The third kappa shape index (κ3) is 4.43. The molecule has 1 aromatic heterocycles. The Balaban J connectivity index is 1.57. The van der Waals surface area contributed by atoms with Crippen molar-refractivity contribution < 1.29 is 5.11 Å². The van der Waals surface area contributed by atoms with Crippen LogP contribution < -0.4 is 5.32 Å². The lowest BCUT2D eigenvalue weighted by molar-refractivity contribution is 0.0821. The molecule has 1 aromatic carbocycles. The number of aliphatic hydroxyl groups excluding tert-OH is 1. The molecule has 1 fully saturated rings. The van der Waals surface area contributed by atoms with E-state index in [-0.39, 0.29) is 6.61 Å². The van der Waals surface area contributed by atoms with Gasteiger partial charge in [-0.2, -0.15) is 0 Å². The highest BCUT2D eigenvalue weighted by Gasteiger charge is 2.27. The summed E-state index contributed by atoms with van der Waals surface area (Å²) >= 11 is 0. The van der Waals surface area contributed by atoms with Crippen molar-refractivity contribution in [1.29, 1.82) is 0 Å². The van der Waals surface area contributed by atoms with Crippen molar-refractivity contribution in [2.24, 2.45) is 5.92 Å². The molecule has 138 valence electrons. The van der Waals surface area contributed by atoms with Gasteiger partial charge in [0.15, 0.2) is 0 Å². The van der Waals surface area contributed by atoms with E-state index in [0.29, 0.717) is 17.9 Å². The van der Waals surface area contributed by atoms with Gasteiger partial charge in [-0.25, -0.2) is 0 Å². The molecule has 4 heteroatoms. The number of fused-ring (bicyclic) bond motifs is 1. The maximum absolute atomic E-state index is 9.88. The molecule has 4 nitrogen and oxygen atoms in total. The number of aromatic amines is 1. The molecular weight excluding hydrogens is 310 g/mol. The average Bonchev–Trinajstić information content (AvgIpc) is 3.09. The first-order valence-corrected chi connectivity index (χ1v) is 9.78. The lowest BCUT2D eigenvalue weighted by Gasteiger charge is -2.38. The van der Waals surface area contributed by atoms with Crippen LogP contribution in [0, 0.1) is 5.92 Å². The second-order valence-electron chi connectivity index (χ2n) is 7.67. The monoisotopic (exact) mass is 343 g/mol. The average molecular weight is 344 g/mol. The maximum atomic E-state index is 9.88. The molecule has 2 atom stereocenters. The quantitative estimate of drug-likeness (QED) is 0.689. The van der Waals surface area contributed by atoms with E-state index in [1.54, 1.807) is 0 Å². The Bertz CT molecular complexity index is 645. The standard InChI is InChI=1S/C21H33N3O/c1-16(7-10-22-2)13-18(15-25)24-11-8-17(9-12-24)20-14-23-21-6-4-3-5-19(20)21/h3-6,14,16-18,22-23,25H,7-13,15H2,1-2H3. The van der Waals surface area contributed by atoms with Gasteiger partial charge in [0, 0.05) is 23.1 Å². The number of rotatable bonds is 8. The third-order valence-corrected chi connectivity index (χ3v) is 5.88. The van der Waals surface area contributed by atoms with Crippen LogP contribution in [0.3, 0.4) is 0 Å². The minimum atomic E-state index is 0.279. The fourth-order valence-corrected chi connectivity index (χ4v) is 4.32. The Hall–Kier alpha value is -1.36. The molecule has 2 unspecified atom stereocenters. The van der Waals surface area contributed by atoms with E-state index in [1.807, 2.05) is 7.05 Å². The van der Waals surface area contributed by atoms with Gasteiger partial charge in [0.2, 0.25) is 0 Å². The van der Waals surface area contributed by atoms with Crippen LogP contribution in [0.25, 0.3) is 10.9 Å². The summed E-state index contributed by atoms with van der Waals surface area (Å²) in [6, 6.07) is 8.92. The largest absolute Gasteiger partial charge is 0.395 e. The summed E-state index contributed by atoms with van der Waals surface area (Å²) in [6.45, 7) is 5.82. The van der Waals surface area contributed by atoms with Gasteiger partial charge in [-0.05, 0) is 75.8 Å². The number of nitrogens with one attached hydrogen (secondary N) is 2. The number of hydrogen-bond acceptors (Lipinski definition) is 3. The molecule has 3 N–H and O–H groups in total. The van der Waals surface area contributed by atoms with Gasteiger partial charge in [-0.3, -0.25) is 4.90 Å². The van der Waals surface area contributed by atoms with Crippen LogP contribution in [-0.2, 0) is 0 Å². The second kappa shape index (κ2) is 8.84. The minimum absolute atomic E-state index is 0.279. The van der Waals surface area contributed by atoms with E-state index < -0.39 is 0 Å². The number of benzene rings is 1. The molecule has 2 heterocycles. The van der Waals surface area contributed by atoms with E-state index in [1.165, 1.54) is 35.7 Å². The van der Waals surface area contributed by atoms with E-state index in [9.17, 15) is 5.11 Å². The van der Waals surface area contributed by atoms with Crippen LogP contribution in [0.4, 0.5) is 0 Å². The molecule has 1 aliphatic rings. The smallest absolute Gasteiger partial charge is 0.0586 e. The van der Waals surface area contributed by atoms with Crippen molar-refractivity contribution >= 4 is 10.9 Å². The van der Waals surface area contributed by atoms with Crippen molar-refractivity contribution in [3.63, 3.8) is 0 Å². The van der Waals surface area contributed by atoms with Crippen molar-refractivity contribution in [1.82, 2.24) is 15.2 Å². The number of H-pyrrole nitrogens is 1. The molecule has 2 aromatic rings. The van der Waals surface area contributed by atoms with Crippen LogP contribution in [0.2, 0.25) is 0 Å². The molecule has 0 amide bonds. The molecule has 1 aliphatic heterocycles.